The highest BCUT2D eigenvalue weighted by atomic mass is 32.2. The van der Waals surface area contributed by atoms with Crippen LogP contribution >= 0.6 is 23.1 Å². The number of benzene rings is 1. The van der Waals surface area contributed by atoms with Gasteiger partial charge in [0.1, 0.15) is 5.69 Å². The third-order valence-electron chi connectivity index (χ3n) is 5.08. The molecule has 3 heterocycles. The molecule has 5 rings (SSSR count). The van der Waals surface area contributed by atoms with Crippen molar-refractivity contribution < 1.29 is 4.79 Å². The Kier molecular flexibility index (Phi) is 5.08. The smallest absolute Gasteiger partial charge is 0.264 e. The number of thiophene rings is 1. The van der Waals surface area contributed by atoms with Crippen LogP contribution < -0.4 is 5.32 Å². The quantitative estimate of drug-likeness (QED) is 0.597. The molecule has 0 radical (unpaired) electrons. The lowest BCUT2D eigenvalue weighted by Crippen LogP contribution is -2.21. The molecule has 1 saturated heterocycles. The summed E-state index contributed by atoms with van der Waals surface area (Å²) in [6.07, 6.45) is 8.60. The Hall–Kier alpha value is -2.64. The Bertz CT molecular complexity index is 1080. The Labute approximate surface area is 177 Å². The van der Waals surface area contributed by atoms with Gasteiger partial charge in [-0.3, -0.25) is 9.79 Å². The van der Waals surface area contributed by atoms with Crippen molar-refractivity contribution in [1.82, 2.24) is 15.1 Å². The van der Waals surface area contributed by atoms with E-state index >= 15 is 0 Å². The number of hydrogen-bond donors (Lipinski definition) is 1. The number of aliphatic imine (C=N–C) groups is 1. The van der Waals surface area contributed by atoms with Gasteiger partial charge in [-0.25, -0.2) is 4.68 Å². The lowest BCUT2D eigenvalue weighted by molar-refractivity contribution is -0.115. The van der Waals surface area contributed by atoms with Gasteiger partial charge in [0, 0.05) is 11.8 Å². The number of hydrogen-bond acceptors (Lipinski definition) is 5. The molecule has 1 aromatic carbocycles. The van der Waals surface area contributed by atoms with Crippen molar-refractivity contribution in [3.8, 4) is 16.3 Å². The van der Waals surface area contributed by atoms with E-state index in [0.29, 0.717) is 10.9 Å². The first kappa shape index (κ1) is 18.4. The number of amides is 1. The Morgan fingerprint density at radius 3 is 2.72 bits per heavy atom. The van der Waals surface area contributed by atoms with E-state index in [0.717, 1.165) is 39.8 Å². The van der Waals surface area contributed by atoms with E-state index in [2.05, 4.69) is 11.4 Å². The number of rotatable bonds is 4. The highest BCUT2D eigenvalue weighted by Gasteiger charge is 2.26. The van der Waals surface area contributed by atoms with Crippen LogP contribution in [-0.4, -0.2) is 26.9 Å². The monoisotopic (exact) mass is 420 g/mol. The number of nitrogens with zero attached hydrogens (tertiary/aromatic N) is 3. The molecule has 1 N–H and O–H groups in total. The van der Waals surface area contributed by atoms with Gasteiger partial charge in [0.25, 0.3) is 5.91 Å². The molecule has 0 bridgehead atoms. The van der Waals surface area contributed by atoms with E-state index < -0.39 is 0 Å². The molecule has 0 spiro atoms. The molecule has 7 heteroatoms. The second-order valence-electron chi connectivity index (χ2n) is 7.13. The predicted molar refractivity (Wildman–Crippen MR) is 120 cm³/mol. The van der Waals surface area contributed by atoms with Gasteiger partial charge in [0.05, 0.1) is 21.5 Å². The second-order valence-corrected chi connectivity index (χ2v) is 9.11. The van der Waals surface area contributed by atoms with Crippen LogP contribution in [0.4, 0.5) is 0 Å². The minimum Gasteiger partial charge on any atom is -0.301 e. The lowest BCUT2D eigenvalue weighted by atomic mass is 10.2. The number of aromatic nitrogens is 2. The predicted octanol–water partition coefficient (Wildman–Crippen LogP) is 5.10. The van der Waals surface area contributed by atoms with E-state index in [-0.39, 0.29) is 5.91 Å². The molecule has 29 heavy (non-hydrogen) atoms. The van der Waals surface area contributed by atoms with Crippen molar-refractivity contribution in [3.05, 3.63) is 64.5 Å². The molecule has 1 amide bonds. The topological polar surface area (TPSA) is 59.3 Å². The number of thioether (sulfide) groups is 1. The maximum atomic E-state index is 12.5. The molecule has 2 aliphatic rings. The Morgan fingerprint density at radius 1 is 1.14 bits per heavy atom. The van der Waals surface area contributed by atoms with Gasteiger partial charge in [-0.1, -0.05) is 37.1 Å². The third-order valence-corrected chi connectivity index (χ3v) is 6.88. The minimum atomic E-state index is -0.0867. The summed E-state index contributed by atoms with van der Waals surface area (Å²) >= 11 is 3.07. The molecule has 5 nitrogen and oxygen atoms in total. The average Bonchev–Trinajstić information content (AvgIpc) is 3.52. The molecule has 1 aliphatic heterocycles. The van der Waals surface area contributed by atoms with Crippen LogP contribution in [0.3, 0.4) is 0 Å². The van der Waals surface area contributed by atoms with E-state index in [1.165, 1.54) is 24.6 Å². The van der Waals surface area contributed by atoms with E-state index in [4.69, 9.17) is 10.1 Å². The van der Waals surface area contributed by atoms with Gasteiger partial charge in [-0.15, -0.1) is 11.3 Å². The van der Waals surface area contributed by atoms with Gasteiger partial charge in [-0.2, -0.15) is 5.10 Å². The minimum absolute atomic E-state index is 0.0867. The first-order valence-electron chi connectivity index (χ1n) is 9.74. The number of carbonyl (C=O) groups is 1. The zero-order valence-corrected chi connectivity index (χ0v) is 17.4. The van der Waals surface area contributed by atoms with Crippen LogP contribution in [0.25, 0.3) is 22.3 Å². The molecule has 3 aromatic rings. The average molecular weight is 421 g/mol. The van der Waals surface area contributed by atoms with Crippen LogP contribution in [0.15, 0.2) is 63.9 Å². The molecule has 0 atom stereocenters. The molecular weight excluding hydrogens is 400 g/mol. The summed E-state index contributed by atoms with van der Waals surface area (Å²) in [6, 6.07) is 14.4. The lowest BCUT2D eigenvalue weighted by Gasteiger charge is -2.02. The number of para-hydroxylation sites is 1. The van der Waals surface area contributed by atoms with Crippen LogP contribution in [0.2, 0.25) is 0 Å². The third kappa shape index (κ3) is 3.93. The summed E-state index contributed by atoms with van der Waals surface area (Å²) in [6.45, 7) is 0. The molecule has 2 fully saturated rings. The first-order chi connectivity index (χ1) is 14.3. The van der Waals surface area contributed by atoms with Crippen LogP contribution in [0, 0.1) is 0 Å². The van der Waals surface area contributed by atoms with Crippen LogP contribution in [-0.2, 0) is 4.79 Å². The van der Waals surface area contributed by atoms with Crippen molar-refractivity contribution in [3.63, 3.8) is 0 Å². The molecule has 1 saturated carbocycles. The summed E-state index contributed by atoms with van der Waals surface area (Å²) in [5.74, 6) is -0.0867. The summed E-state index contributed by atoms with van der Waals surface area (Å²) in [4.78, 5) is 19.0. The van der Waals surface area contributed by atoms with Crippen molar-refractivity contribution >= 4 is 40.2 Å². The Balaban J connectivity index is 1.50. The van der Waals surface area contributed by atoms with Gasteiger partial charge in [-0.05, 0) is 54.3 Å². The van der Waals surface area contributed by atoms with Crippen molar-refractivity contribution in [2.24, 2.45) is 4.99 Å². The van der Waals surface area contributed by atoms with E-state index in [9.17, 15) is 4.79 Å². The van der Waals surface area contributed by atoms with Crippen molar-refractivity contribution in [2.45, 2.75) is 31.7 Å². The summed E-state index contributed by atoms with van der Waals surface area (Å²) in [5, 5.41) is 10.5. The number of amidine groups is 1. The molecule has 1 aliphatic carbocycles. The van der Waals surface area contributed by atoms with Crippen molar-refractivity contribution in [1.29, 1.82) is 0 Å². The second kappa shape index (κ2) is 8.00. The van der Waals surface area contributed by atoms with E-state index in [1.54, 1.807) is 11.3 Å². The first-order valence-corrected chi connectivity index (χ1v) is 11.4. The molecule has 2 aromatic heterocycles. The van der Waals surface area contributed by atoms with Gasteiger partial charge < -0.3 is 5.32 Å². The summed E-state index contributed by atoms with van der Waals surface area (Å²) < 4.78 is 1.87. The highest BCUT2D eigenvalue weighted by Crippen LogP contribution is 2.33. The molecule has 146 valence electrons. The standard InChI is InChI=1S/C22H20N4OS2/c27-21-19(29-22(24-21)23-16-7-4-5-8-16)13-15-14-26(17-9-2-1-3-10-17)25-20(15)18-11-6-12-28-18/h1-3,6,9-14,16H,4-5,7-8H2,(H,23,24,27)/b19-13+. The molecular formula is C22H20N4OS2. The zero-order chi connectivity index (χ0) is 19.6. The van der Waals surface area contributed by atoms with Gasteiger partial charge >= 0.3 is 0 Å². The summed E-state index contributed by atoms with van der Waals surface area (Å²) in [5.41, 5.74) is 2.80. The largest absolute Gasteiger partial charge is 0.301 e. The fourth-order valence-electron chi connectivity index (χ4n) is 3.64. The Morgan fingerprint density at radius 2 is 1.97 bits per heavy atom. The number of carbonyl (C=O) groups excluding carboxylic acids is 1. The zero-order valence-electron chi connectivity index (χ0n) is 15.7. The fraction of sp³-hybridized carbons (Fsp3) is 0.227. The van der Waals surface area contributed by atoms with Crippen LogP contribution in [0.5, 0.6) is 0 Å². The summed E-state index contributed by atoms with van der Waals surface area (Å²) in [7, 11) is 0. The van der Waals surface area contributed by atoms with Gasteiger partial charge in [0.15, 0.2) is 5.17 Å². The normalized spacial score (nSPS) is 20.1. The van der Waals surface area contributed by atoms with E-state index in [1.807, 2.05) is 58.7 Å². The maximum absolute atomic E-state index is 12.5. The fourth-order valence-corrected chi connectivity index (χ4v) is 5.25. The maximum Gasteiger partial charge on any atom is 0.264 e. The number of nitrogens with one attached hydrogen (secondary N) is 1. The molecule has 0 unspecified atom stereocenters. The van der Waals surface area contributed by atoms with Crippen molar-refractivity contribution in [2.75, 3.05) is 0 Å². The van der Waals surface area contributed by atoms with Gasteiger partial charge in [0.2, 0.25) is 0 Å². The van der Waals surface area contributed by atoms with Crippen LogP contribution in [0.1, 0.15) is 31.2 Å². The SMILES string of the molecule is O=C1NC(=NC2CCCC2)S/C1=C/c1cn(-c2ccccc2)nc1-c1cccs1. The highest BCUT2D eigenvalue weighted by molar-refractivity contribution is 8.18.